The molecule has 35 heavy (non-hydrogen) atoms. The maximum absolute atomic E-state index is 12.5. The Labute approximate surface area is 205 Å². The maximum Gasteiger partial charge on any atom is 0.407 e. The van der Waals surface area contributed by atoms with Crippen molar-refractivity contribution in [1.29, 1.82) is 0 Å². The second kappa shape index (κ2) is 10.7. The normalized spacial score (nSPS) is 13.9. The van der Waals surface area contributed by atoms with E-state index in [-0.39, 0.29) is 31.2 Å². The van der Waals surface area contributed by atoms with E-state index in [2.05, 4.69) is 27.8 Å². The summed E-state index contributed by atoms with van der Waals surface area (Å²) in [6.45, 7) is 1.52. The smallest absolute Gasteiger partial charge is 0.407 e. The predicted molar refractivity (Wildman–Crippen MR) is 129 cm³/mol. The number of carboxylic acids is 1. The maximum atomic E-state index is 12.5. The number of nitrogens with zero attached hydrogens (tertiary/aromatic N) is 1. The number of aromatic nitrogens is 1. The lowest BCUT2D eigenvalue weighted by Gasteiger charge is -2.16. The van der Waals surface area contributed by atoms with Gasteiger partial charge in [0.1, 0.15) is 23.4 Å². The van der Waals surface area contributed by atoms with E-state index in [1.165, 1.54) is 5.38 Å². The van der Waals surface area contributed by atoms with Crippen LogP contribution < -0.4 is 10.6 Å². The molecule has 2 amide bonds. The number of rotatable bonds is 9. The van der Waals surface area contributed by atoms with Crippen molar-refractivity contribution < 1.29 is 29.3 Å². The molecule has 1 aliphatic carbocycles. The van der Waals surface area contributed by atoms with Crippen molar-refractivity contribution in [1.82, 2.24) is 15.6 Å². The molecule has 0 fully saturated rings. The van der Waals surface area contributed by atoms with Gasteiger partial charge in [0.25, 0.3) is 5.91 Å². The number of hydrogen-bond donors (Lipinski definition) is 4. The zero-order valence-corrected chi connectivity index (χ0v) is 19.7. The molecule has 0 aliphatic heterocycles. The first-order valence-electron chi connectivity index (χ1n) is 11.1. The topological polar surface area (TPSA) is 138 Å². The van der Waals surface area contributed by atoms with E-state index in [1.807, 2.05) is 36.4 Å². The third kappa shape index (κ3) is 5.33. The average molecular weight is 496 g/mol. The number of amides is 2. The Bertz CT molecular complexity index is 1200. The second-order valence-electron chi connectivity index (χ2n) is 8.14. The molecule has 3 aromatic rings. The molecule has 1 aliphatic rings. The lowest BCUT2D eigenvalue weighted by atomic mass is 9.98. The van der Waals surface area contributed by atoms with Crippen LogP contribution in [0.1, 0.15) is 51.9 Å². The monoisotopic (exact) mass is 495 g/mol. The summed E-state index contributed by atoms with van der Waals surface area (Å²) < 4.78 is 5.55. The lowest BCUT2D eigenvalue weighted by Crippen LogP contribution is -2.41. The summed E-state index contributed by atoms with van der Waals surface area (Å²) >= 11 is 1.16. The van der Waals surface area contributed by atoms with Gasteiger partial charge in [-0.3, -0.25) is 4.79 Å². The SMILES string of the molecule is CC(NC(=O)OCC1c2ccccc2-c2ccccc21)c1nc(C(=O)N[C@H](CCO)C(=O)O)cs1. The number of benzene rings is 2. The predicted octanol–water partition coefficient (Wildman–Crippen LogP) is 3.31. The van der Waals surface area contributed by atoms with E-state index in [9.17, 15) is 14.4 Å². The molecule has 1 unspecified atom stereocenters. The van der Waals surface area contributed by atoms with Crippen molar-refractivity contribution in [3.05, 3.63) is 75.7 Å². The lowest BCUT2D eigenvalue weighted by molar-refractivity contribution is -0.139. The van der Waals surface area contributed by atoms with Crippen LogP contribution in [0.3, 0.4) is 0 Å². The Kier molecular flexibility index (Phi) is 7.42. The molecule has 4 rings (SSSR count). The first kappa shape index (κ1) is 24.4. The third-order valence-corrected chi connectivity index (χ3v) is 6.85. The largest absolute Gasteiger partial charge is 0.480 e. The third-order valence-electron chi connectivity index (χ3n) is 5.82. The second-order valence-corrected chi connectivity index (χ2v) is 9.03. The summed E-state index contributed by atoms with van der Waals surface area (Å²) in [5.41, 5.74) is 4.55. The average Bonchev–Trinajstić information content (AvgIpc) is 3.46. The fourth-order valence-electron chi connectivity index (χ4n) is 4.09. The Morgan fingerprint density at radius 2 is 1.69 bits per heavy atom. The number of nitrogens with one attached hydrogen (secondary N) is 2. The highest BCUT2D eigenvalue weighted by atomic mass is 32.1. The van der Waals surface area contributed by atoms with Crippen molar-refractivity contribution >= 4 is 29.3 Å². The van der Waals surface area contributed by atoms with Crippen molar-refractivity contribution in [3.8, 4) is 11.1 Å². The van der Waals surface area contributed by atoms with Gasteiger partial charge in [-0.15, -0.1) is 11.3 Å². The van der Waals surface area contributed by atoms with Gasteiger partial charge in [0.15, 0.2) is 0 Å². The molecular weight excluding hydrogens is 470 g/mol. The van der Waals surface area contributed by atoms with Crippen LogP contribution in [0.2, 0.25) is 0 Å². The molecule has 0 radical (unpaired) electrons. The first-order valence-corrected chi connectivity index (χ1v) is 12.0. The molecule has 10 heteroatoms. The van der Waals surface area contributed by atoms with Crippen molar-refractivity contribution in [2.24, 2.45) is 0 Å². The molecule has 1 heterocycles. The molecular formula is C25H25N3O6S. The van der Waals surface area contributed by atoms with E-state index >= 15 is 0 Å². The number of thiazole rings is 1. The highest BCUT2D eigenvalue weighted by Gasteiger charge is 2.29. The number of aliphatic hydroxyl groups is 1. The summed E-state index contributed by atoms with van der Waals surface area (Å²) in [5, 5.41) is 25.1. The fraction of sp³-hybridized carbons (Fsp3) is 0.280. The molecule has 0 saturated heterocycles. The van der Waals surface area contributed by atoms with Gasteiger partial charge in [0.05, 0.1) is 6.04 Å². The summed E-state index contributed by atoms with van der Waals surface area (Å²) in [6.07, 6.45) is -0.716. The van der Waals surface area contributed by atoms with Gasteiger partial charge < -0.3 is 25.6 Å². The summed E-state index contributed by atoms with van der Waals surface area (Å²) in [4.78, 5) is 40.2. The minimum atomic E-state index is -1.24. The molecule has 2 aromatic carbocycles. The summed E-state index contributed by atoms with van der Waals surface area (Å²) in [6, 6.07) is 14.4. The van der Waals surface area contributed by atoms with E-state index < -0.39 is 30.1 Å². The van der Waals surface area contributed by atoms with Gasteiger partial charge in [-0.05, 0) is 29.2 Å². The van der Waals surface area contributed by atoms with Gasteiger partial charge in [0.2, 0.25) is 0 Å². The number of hydrogen-bond acceptors (Lipinski definition) is 7. The zero-order valence-electron chi connectivity index (χ0n) is 18.9. The van der Waals surface area contributed by atoms with Gasteiger partial charge in [-0.1, -0.05) is 48.5 Å². The number of carbonyl (C=O) groups excluding carboxylic acids is 2. The standard InChI is InChI=1S/C25H25N3O6S/c1-14(23-28-21(13-35-23)22(30)27-20(10-11-29)24(31)32)26-25(33)34-12-19-17-8-4-2-6-15(17)16-7-3-5-9-18(16)19/h2-9,13-14,19-20,29H,10-12H2,1H3,(H,26,33)(H,27,30)(H,31,32)/t14?,20-/m1/s1. The number of fused-ring (bicyclic) bond motifs is 3. The van der Waals surface area contributed by atoms with Crippen LogP contribution in [-0.2, 0) is 9.53 Å². The van der Waals surface area contributed by atoms with Crippen LogP contribution in [0.15, 0.2) is 53.9 Å². The Hall–Kier alpha value is -3.76. The molecule has 2 atom stereocenters. The minimum absolute atomic E-state index is 0.0374. The van der Waals surface area contributed by atoms with E-state index in [0.29, 0.717) is 5.01 Å². The molecule has 182 valence electrons. The quantitative estimate of drug-likeness (QED) is 0.357. The molecule has 0 spiro atoms. The highest BCUT2D eigenvalue weighted by molar-refractivity contribution is 7.09. The van der Waals surface area contributed by atoms with E-state index in [4.69, 9.17) is 14.9 Å². The van der Waals surface area contributed by atoms with Gasteiger partial charge in [0, 0.05) is 24.3 Å². The number of carboxylic acid groups (broad SMARTS) is 1. The van der Waals surface area contributed by atoms with Crippen LogP contribution in [0.5, 0.6) is 0 Å². The van der Waals surface area contributed by atoms with Gasteiger partial charge in [-0.25, -0.2) is 14.6 Å². The Morgan fingerprint density at radius 1 is 1.06 bits per heavy atom. The fourth-order valence-corrected chi connectivity index (χ4v) is 4.89. The van der Waals surface area contributed by atoms with Gasteiger partial charge in [-0.2, -0.15) is 0 Å². The number of alkyl carbamates (subject to hydrolysis) is 1. The molecule has 4 N–H and O–H groups in total. The molecule has 0 saturated carbocycles. The van der Waals surface area contributed by atoms with Crippen molar-refractivity contribution in [2.75, 3.05) is 13.2 Å². The molecule has 9 nitrogen and oxygen atoms in total. The van der Waals surface area contributed by atoms with Crippen molar-refractivity contribution in [2.45, 2.75) is 31.3 Å². The van der Waals surface area contributed by atoms with Crippen LogP contribution in [0.4, 0.5) is 4.79 Å². The van der Waals surface area contributed by atoms with Gasteiger partial charge >= 0.3 is 12.1 Å². The Morgan fingerprint density at radius 3 is 2.29 bits per heavy atom. The number of ether oxygens (including phenoxy) is 1. The minimum Gasteiger partial charge on any atom is -0.480 e. The van der Waals surface area contributed by atoms with Crippen LogP contribution in [0.25, 0.3) is 11.1 Å². The van der Waals surface area contributed by atoms with E-state index in [1.54, 1.807) is 6.92 Å². The van der Waals surface area contributed by atoms with E-state index in [0.717, 1.165) is 33.6 Å². The number of aliphatic hydroxyl groups excluding tert-OH is 1. The first-order chi connectivity index (χ1) is 16.9. The van der Waals surface area contributed by atoms with Crippen LogP contribution in [-0.4, -0.2) is 52.4 Å². The Balaban J connectivity index is 1.35. The summed E-state index contributed by atoms with van der Waals surface area (Å²) in [5.74, 6) is -1.96. The summed E-state index contributed by atoms with van der Waals surface area (Å²) in [7, 11) is 0. The zero-order chi connectivity index (χ0) is 24.9. The van der Waals surface area contributed by atoms with Crippen LogP contribution in [0, 0.1) is 0 Å². The molecule has 1 aromatic heterocycles. The highest BCUT2D eigenvalue weighted by Crippen LogP contribution is 2.44. The number of carbonyl (C=O) groups is 3. The molecule has 0 bridgehead atoms. The van der Waals surface area contributed by atoms with Crippen molar-refractivity contribution in [3.63, 3.8) is 0 Å². The van der Waals surface area contributed by atoms with Crippen LogP contribution >= 0.6 is 11.3 Å². The number of aliphatic carboxylic acids is 1.